The number of halogens is 1. The lowest BCUT2D eigenvalue weighted by molar-refractivity contribution is -0.146. The first-order valence-electron chi connectivity index (χ1n) is 8.41. The summed E-state index contributed by atoms with van der Waals surface area (Å²) in [6, 6.07) is 5.74. The Morgan fingerprint density at radius 2 is 2.08 bits per heavy atom. The van der Waals surface area contributed by atoms with Crippen LogP contribution in [-0.2, 0) is 16.1 Å². The first-order valence-corrected chi connectivity index (χ1v) is 8.79. The van der Waals surface area contributed by atoms with E-state index in [1.165, 1.54) is 0 Å². The SMILES string of the molecule is COc1ccc(CN2CCC3(CC2)C(C(=O)O)CC(=O)N3C)cc1Cl. The molecule has 1 aromatic rings. The van der Waals surface area contributed by atoms with Crippen molar-refractivity contribution >= 4 is 23.5 Å². The van der Waals surface area contributed by atoms with E-state index in [9.17, 15) is 14.7 Å². The van der Waals surface area contributed by atoms with Crippen molar-refractivity contribution in [1.29, 1.82) is 0 Å². The lowest BCUT2D eigenvalue weighted by atomic mass is 9.77. The zero-order valence-corrected chi connectivity index (χ0v) is 15.3. The van der Waals surface area contributed by atoms with Crippen molar-refractivity contribution < 1.29 is 19.4 Å². The fourth-order valence-corrected chi connectivity index (χ4v) is 4.43. The summed E-state index contributed by atoms with van der Waals surface area (Å²) >= 11 is 6.18. The number of likely N-dealkylation sites (tertiary alicyclic amines) is 2. The van der Waals surface area contributed by atoms with Gasteiger partial charge in [-0.25, -0.2) is 0 Å². The lowest BCUT2D eigenvalue weighted by Crippen LogP contribution is -2.55. The van der Waals surface area contributed by atoms with E-state index in [4.69, 9.17) is 16.3 Å². The summed E-state index contributed by atoms with van der Waals surface area (Å²) in [6.45, 7) is 2.26. The van der Waals surface area contributed by atoms with Gasteiger partial charge < -0.3 is 14.7 Å². The van der Waals surface area contributed by atoms with Crippen LogP contribution in [0.4, 0.5) is 0 Å². The Labute approximate surface area is 152 Å². The highest BCUT2D eigenvalue weighted by Gasteiger charge is 2.55. The standard InChI is InChI=1S/C18H23ClN2O4/c1-20-16(22)10-13(17(23)24)18(20)5-7-21(8-6-18)11-12-3-4-15(25-2)14(19)9-12/h3-4,9,13H,5-8,10-11H2,1-2H3,(H,23,24). The molecular weight excluding hydrogens is 344 g/mol. The van der Waals surface area contributed by atoms with Crippen LogP contribution in [0.5, 0.6) is 5.75 Å². The average Bonchev–Trinajstić information content (AvgIpc) is 2.83. The Bertz CT molecular complexity index is 686. The number of aliphatic carboxylic acids is 1. The summed E-state index contributed by atoms with van der Waals surface area (Å²) in [7, 11) is 3.33. The zero-order chi connectivity index (χ0) is 18.2. The van der Waals surface area contributed by atoms with Crippen LogP contribution in [0, 0.1) is 5.92 Å². The highest BCUT2D eigenvalue weighted by atomic mass is 35.5. The largest absolute Gasteiger partial charge is 0.495 e. The van der Waals surface area contributed by atoms with E-state index in [0.29, 0.717) is 23.6 Å². The normalized spacial score (nSPS) is 23.2. The third-order valence-corrected chi connectivity index (χ3v) is 6.01. The van der Waals surface area contributed by atoms with Gasteiger partial charge in [0.25, 0.3) is 0 Å². The Balaban J connectivity index is 1.68. The second-order valence-corrected chi connectivity index (χ2v) is 7.30. The molecule has 0 bridgehead atoms. The minimum absolute atomic E-state index is 0.0669. The molecule has 7 heteroatoms. The third-order valence-electron chi connectivity index (χ3n) is 5.71. The molecule has 1 aromatic carbocycles. The van der Waals surface area contributed by atoms with Crippen molar-refractivity contribution in [3.05, 3.63) is 28.8 Å². The molecule has 0 saturated carbocycles. The fourth-order valence-electron chi connectivity index (χ4n) is 4.15. The zero-order valence-electron chi connectivity index (χ0n) is 14.5. The van der Waals surface area contributed by atoms with Gasteiger partial charge >= 0.3 is 5.97 Å². The summed E-state index contributed by atoms with van der Waals surface area (Å²) in [4.78, 5) is 27.6. The van der Waals surface area contributed by atoms with Crippen LogP contribution >= 0.6 is 11.6 Å². The number of benzene rings is 1. The van der Waals surface area contributed by atoms with Crippen LogP contribution in [0.15, 0.2) is 18.2 Å². The van der Waals surface area contributed by atoms with E-state index >= 15 is 0 Å². The molecule has 136 valence electrons. The molecule has 2 aliphatic rings. The maximum absolute atomic E-state index is 12.1. The van der Waals surface area contributed by atoms with Crippen molar-refractivity contribution in [2.75, 3.05) is 27.2 Å². The molecule has 6 nitrogen and oxygen atoms in total. The van der Waals surface area contributed by atoms with Gasteiger partial charge in [0.1, 0.15) is 5.75 Å². The van der Waals surface area contributed by atoms with Crippen molar-refractivity contribution in [3.8, 4) is 5.75 Å². The number of rotatable bonds is 4. The molecule has 1 unspecified atom stereocenters. The molecule has 1 N–H and O–H groups in total. The van der Waals surface area contributed by atoms with Gasteiger partial charge in [-0.15, -0.1) is 0 Å². The molecule has 1 spiro atoms. The molecule has 25 heavy (non-hydrogen) atoms. The van der Waals surface area contributed by atoms with Crippen LogP contribution in [0.2, 0.25) is 5.02 Å². The van der Waals surface area contributed by atoms with Crippen LogP contribution in [0.1, 0.15) is 24.8 Å². The van der Waals surface area contributed by atoms with Crippen molar-refractivity contribution in [1.82, 2.24) is 9.80 Å². The van der Waals surface area contributed by atoms with E-state index in [0.717, 1.165) is 25.2 Å². The minimum Gasteiger partial charge on any atom is -0.495 e. The van der Waals surface area contributed by atoms with Crippen molar-refractivity contribution in [2.24, 2.45) is 5.92 Å². The number of amides is 1. The maximum atomic E-state index is 12.1. The van der Waals surface area contributed by atoms with E-state index < -0.39 is 17.4 Å². The predicted molar refractivity (Wildman–Crippen MR) is 93.8 cm³/mol. The van der Waals surface area contributed by atoms with Crippen molar-refractivity contribution in [3.63, 3.8) is 0 Å². The molecule has 0 radical (unpaired) electrons. The van der Waals surface area contributed by atoms with Gasteiger partial charge in [0, 0.05) is 33.1 Å². The summed E-state index contributed by atoms with van der Waals surface area (Å²) in [5.41, 5.74) is 0.546. The van der Waals surface area contributed by atoms with Gasteiger partial charge in [-0.05, 0) is 30.5 Å². The number of hydrogen-bond acceptors (Lipinski definition) is 4. The van der Waals surface area contributed by atoms with Crippen LogP contribution in [-0.4, -0.2) is 59.6 Å². The van der Waals surface area contributed by atoms with Gasteiger partial charge in [-0.2, -0.15) is 0 Å². The quantitative estimate of drug-likeness (QED) is 0.885. The highest BCUT2D eigenvalue weighted by molar-refractivity contribution is 6.32. The maximum Gasteiger partial charge on any atom is 0.309 e. The van der Waals surface area contributed by atoms with Crippen LogP contribution in [0.3, 0.4) is 0 Å². The average molecular weight is 367 g/mol. The minimum atomic E-state index is -0.868. The van der Waals surface area contributed by atoms with E-state index in [1.807, 2.05) is 18.2 Å². The number of nitrogens with zero attached hydrogens (tertiary/aromatic N) is 2. The summed E-state index contributed by atoms with van der Waals surface area (Å²) in [6.07, 6.45) is 1.46. The third kappa shape index (κ3) is 3.20. The summed E-state index contributed by atoms with van der Waals surface area (Å²) in [5.74, 6) is -0.892. The summed E-state index contributed by atoms with van der Waals surface area (Å²) < 4.78 is 5.17. The second-order valence-electron chi connectivity index (χ2n) is 6.90. The Morgan fingerprint density at radius 1 is 1.40 bits per heavy atom. The lowest BCUT2D eigenvalue weighted by Gasteiger charge is -2.45. The topological polar surface area (TPSA) is 70.1 Å². The highest BCUT2D eigenvalue weighted by Crippen LogP contribution is 2.43. The molecule has 2 saturated heterocycles. The first-order chi connectivity index (χ1) is 11.9. The molecule has 1 atom stereocenters. The van der Waals surface area contributed by atoms with Crippen LogP contribution in [0.25, 0.3) is 0 Å². The summed E-state index contributed by atoms with van der Waals surface area (Å²) in [5, 5.41) is 10.1. The number of piperidine rings is 1. The molecule has 1 amide bonds. The number of carbonyl (C=O) groups excluding carboxylic acids is 1. The van der Waals surface area contributed by atoms with E-state index in [-0.39, 0.29) is 12.3 Å². The Hall–Kier alpha value is -1.79. The van der Waals surface area contributed by atoms with Gasteiger partial charge in [0.15, 0.2) is 0 Å². The number of methoxy groups -OCH3 is 1. The van der Waals surface area contributed by atoms with Gasteiger partial charge in [-0.1, -0.05) is 17.7 Å². The fraction of sp³-hybridized carbons (Fsp3) is 0.556. The molecule has 2 aliphatic heterocycles. The number of carbonyl (C=O) groups is 2. The van der Waals surface area contributed by atoms with Gasteiger partial charge in [0.05, 0.1) is 23.6 Å². The Morgan fingerprint density at radius 3 is 2.64 bits per heavy atom. The number of carboxylic acid groups (broad SMARTS) is 1. The molecule has 3 rings (SSSR count). The second kappa shape index (κ2) is 6.84. The molecule has 0 aliphatic carbocycles. The van der Waals surface area contributed by atoms with E-state index in [2.05, 4.69) is 4.90 Å². The molecule has 2 fully saturated rings. The van der Waals surface area contributed by atoms with Gasteiger partial charge in [0.2, 0.25) is 5.91 Å². The molecular formula is C18H23ClN2O4. The number of ether oxygens (including phenoxy) is 1. The Kier molecular flexibility index (Phi) is 4.93. The van der Waals surface area contributed by atoms with Crippen molar-refractivity contribution in [2.45, 2.75) is 31.3 Å². The number of carboxylic acids is 1. The first kappa shape index (κ1) is 18.0. The smallest absolute Gasteiger partial charge is 0.309 e. The number of hydrogen-bond donors (Lipinski definition) is 1. The monoisotopic (exact) mass is 366 g/mol. The van der Waals surface area contributed by atoms with Crippen LogP contribution < -0.4 is 4.74 Å². The molecule has 2 heterocycles. The molecule has 0 aromatic heterocycles. The van der Waals surface area contributed by atoms with Gasteiger partial charge in [-0.3, -0.25) is 14.5 Å². The van der Waals surface area contributed by atoms with E-state index in [1.54, 1.807) is 19.1 Å². The predicted octanol–water partition coefficient (Wildman–Crippen LogP) is 2.25.